The number of carbonyl (C=O) groups excluding carboxylic acids is 2. The van der Waals surface area contributed by atoms with Gasteiger partial charge < -0.3 is 4.74 Å². The summed E-state index contributed by atoms with van der Waals surface area (Å²) in [7, 11) is 0. The van der Waals surface area contributed by atoms with Crippen LogP contribution in [-0.4, -0.2) is 24.0 Å². The van der Waals surface area contributed by atoms with E-state index in [4.69, 9.17) is 4.74 Å². The van der Waals surface area contributed by atoms with E-state index in [1.54, 1.807) is 0 Å². The maximum atomic E-state index is 14.3. The first-order chi connectivity index (χ1) is 11.8. The Morgan fingerprint density at radius 3 is 2.52 bits per heavy atom. The monoisotopic (exact) mass is 350 g/mol. The minimum atomic E-state index is -1.26. The number of rotatable bonds is 1. The molecule has 4 aliphatic rings. The summed E-state index contributed by atoms with van der Waals surface area (Å²) in [5.41, 5.74) is 0.0483. The number of esters is 1. The fraction of sp³-hybridized carbons (Fsp3) is 0.905. The van der Waals surface area contributed by atoms with Gasteiger partial charge in [0.15, 0.2) is 12.0 Å². The van der Waals surface area contributed by atoms with Crippen LogP contribution in [0.1, 0.15) is 72.1 Å². The summed E-state index contributed by atoms with van der Waals surface area (Å²) < 4.78 is 20.0. The second-order valence-electron chi connectivity index (χ2n) is 9.72. The lowest BCUT2D eigenvalue weighted by Gasteiger charge is -2.60. The van der Waals surface area contributed by atoms with Crippen molar-refractivity contribution in [3.05, 3.63) is 0 Å². The third kappa shape index (κ3) is 2.49. The fourth-order valence-corrected chi connectivity index (χ4v) is 7.40. The molecule has 8 atom stereocenters. The number of alkyl halides is 1. The molecule has 0 aromatic rings. The lowest BCUT2D eigenvalue weighted by molar-refractivity contribution is -0.164. The molecule has 0 heterocycles. The molecule has 0 bridgehead atoms. The van der Waals surface area contributed by atoms with E-state index in [0.29, 0.717) is 36.5 Å². The topological polar surface area (TPSA) is 43.4 Å². The number of carbonyl (C=O) groups is 2. The Balaban J connectivity index is 1.59. The van der Waals surface area contributed by atoms with Gasteiger partial charge >= 0.3 is 5.97 Å². The van der Waals surface area contributed by atoms with Crippen molar-refractivity contribution in [2.75, 3.05) is 0 Å². The van der Waals surface area contributed by atoms with Crippen molar-refractivity contribution in [2.45, 2.75) is 84.4 Å². The average molecular weight is 350 g/mol. The molecular weight excluding hydrogens is 319 g/mol. The molecule has 0 N–H and O–H groups in total. The molecule has 0 radical (unpaired) electrons. The Labute approximate surface area is 150 Å². The van der Waals surface area contributed by atoms with E-state index in [0.717, 1.165) is 38.5 Å². The zero-order valence-electron chi connectivity index (χ0n) is 15.7. The van der Waals surface area contributed by atoms with Gasteiger partial charge in [-0.2, -0.15) is 0 Å². The Hall–Kier alpha value is -0.930. The van der Waals surface area contributed by atoms with Gasteiger partial charge in [-0.05, 0) is 74.0 Å². The van der Waals surface area contributed by atoms with E-state index in [-0.39, 0.29) is 28.7 Å². The standard InChI is InChI=1S/C21H31FO3/c1-12(23)25-19-7-6-15-14-5-4-13-10-18(24)17(22)11-21(13,3)16(14)8-9-20(15,19)2/h13-17,19H,4-11H2,1-3H3/t13-,14-,15-,16-,17-,19-,20-,21-/m0/s1. The highest BCUT2D eigenvalue weighted by Crippen LogP contribution is 2.66. The lowest BCUT2D eigenvalue weighted by Crippen LogP contribution is -2.56. The van der Waals surface area contributed by atoms with Gasteiger partial charge in [0.2, 0.25) is 0 Å². The second kappa shape index (κ2) is 5.79. The zero-order chi connectivity index (χ0) is 18.0. The minimum Gasteiger partial charge on any atom is -0.462 e. The Bertz CT molecular complexity index is 590. The van der Waals surface area contributed by atoms with Gasteiger partial charge in [0.25, 0.3) is 0 Å². The van der Waals surface area contributed by atoms with Crippen molar-refractivity contribution >= 4 is 11.8 Å². The summed E-state index contributed by atoms with van der Waals surface area (Å²) in [5, 5.41) is 0. The summed E-state index contributed by atoms with van der Waals surface area (Å²) in [5.74, 6) is 1.72. The molecule has 4 aliphatic carbocycles. The summed E-state index contributed by atoms with van der Waals surface area (Å²) >= 11 is 0. The zero-order valence-corrected chi connectivity index (χ0v) is 15.7. The molecule has 140 valence electrons. The molecule has 4 rings (SSSR count). The van der Waals surface area contributed by atoms with E-state index < -0.39 is 6.17 Å². The number of ether oxygens (including phenoxy) is 1. The predicted molar refractivity (Wildman–Crippen MR) is 92.6 cm³/mol. The van der Waals surface area contributed by atoms with Crippen LogP contribution >= 0.6 is 0 Å². The summed E-state index contributed by atoms with van der Waals surface area (Å²) in [6.07, 6.45) is 6.10. The van der Waals surface area contributed by atoms with E-state index in [1.165, 1.54) is 6.92 Å². The van der Waals surface area contributed by atoms with Crippen molar-refractivity contribution in [1.82, 2.24) is 0 Å². The van der Waals surface area contributed by atoms with Gasteiger partial charge in [0, 0.05) is 18.8 Å². The largest absolute Gasteiger partial charge is 0.462 e. The van der Waals surface area contributed by atoms with Crippen LogP contribution in [0.3, 0.4) is 0 Å². The Kier molecular flexibility index (Phi) is 4.05. The van der Waals surface area contributed by atoms with Crippen molar-refractivity contribution in [2.24, 2.45) is 34.5 Å². The molecule has 25 heavy (non-hydrogen) atoms. The molecule has 4 heteroatoms. The van der Waals surface area contributed by atoms with Crippen LogP contribution in [0.4, 0.5) is 4.39 Å². The molecule has 0 spiro atoms. The molecule has 4 fully saturated rings. The fourth-order valence-electron chi connectivity index (χ4n) is 7.40. The third-order valence-electron chi connectivity index (χ3n) is 8.70. The van der Waals surface area contributed by atoms with Crippen LogP contribution in [0, 0.1) is 34.5 Å². The Morgan fingerprint density at radius 2 is 1.80 bits per heavy atom. The molecule has 3 nitrogen and oxygen atoms in total. The smallest absolute Gasteiger partial charge is 0.302 e. The SMILES string of the molecule is CC(=O)O[C@H]1CC[C@H]2[C@@H]3CC[C@H]4CC(=O)[C@@H](F)C[C@]4(C)[C@H]3CC[C@]12C. The molecule has 0 aliphatic heterocycles. The number of Topliss-reactive ketones (excluding diaryl/α,β-unsaturated/α-hetero) is 1. The van der Waals surface area contributed by atoms with E-state index >= 15 is 0 Å². The summed E-state index contributed by atoms with van der Waals surface area (Å²) in [6.45, 7) is 6.08. The van der Waals surface area contributed by atoms with Gasteiger partial charge in [0.1, 0.15) is 6.10 Å². The molecule has 4 saturated carbocycles. The summed E-state index contributed by atoms with van der Waals surface area (Å²) in [4.78, 5) is 23.4. The van der Waals surface area contributed by atoms with Crippen molar-refractivity contribution in [3.8, 4) is 0 Å². The van der Waals surface area contributed by atoms with Crippen LogP contribution in [0.15, 0.2) is 0 Å². The minimum absolute atomic E-state index is 0.0307. The third-order valence-corrected chi connectivity index (χ3v) is 8.70. The van der Waals surface area contributed by atoms with E-state index in [2.05, 4.69) is 13.8 Å². The maximum Gasteiger partial charge on any atom is 0.302 e. The van der Waals surface area contributed by atoms with Gasteiger partial charge in [0.05, 0.1) is 0 Å². The van der Waals surface area contributed by atoms with Gasteiger partial charge in [-0.3, -0.25) is 9.59 Å². The maximum absolute atomic E-state index is 14.3. The molecule has 0 amide bonds. The number of ketones is 1. The van der Waals surface area contributed by atoms with Gasteiger partial charge in [-0.25, -0.2) is 4.39 Å². The van der Waals surface area contributed by atoms with E-state index in [9.17, 15) is 14.0 Å². The van der Waals surface area contributed by atoms with Gasteiger partial charge in [-0.15, -0.1) is 0 Å². The second-order valence-corrected chi connectivity index (χ2v) is 9.72. The van der Waals surface area contributed by atoms with Crippen molar-refractivity contribution < 1.29 is 18.7 Å². The average Bonchev–Trinajstić information content (AvgIpc) is 2.85. The molecule has 0 unspecified atom stereocenters. The highest BCUT2D eigenvalue weighted by Gasteiger charge is 2.61. The van der Waals surface area contributed by atoms with Gasteiger partial charge in [-0.1, -0.05) is 13.8 Å². The lowest BCUT2D eigenvalue weighted by atomic mass is 9.45. The molecule has 0 aromatic carbocycles. The van der Waals surface area contributed by atoms with Crippen molar-refractivity contribution in [3.63, 3.8) is 0 Å². The first kappa shape index (κ1) is 17.5. The first-order valence-corrected chi connectivity index (χ1v) is 10.1. The number of halogens is 1. The first-order valence-electron chi connectivity index (χ1n) is 10.1. The van der Waals surface area contributed by atoms with Crippen LogP contribution in [-0.2, 0) is 14.3 Å². The highest BCUT2D eigenvalue weighted by atomic mass is 19.1. The molecule has 0 saturated heterocycles. The molecular formula is C21H31FO3. The normalized spacial score (nSPS) is 52.1. The van der Waals surface area contributed by atoms with Crippen molar-refractivity contribution in [1.29, 1.82) is 0 Å². The van der Waals surface area contributed by atoms with Crippen LogP contribution in [0.5, 0.6) is 0 Å². The van der Waals surface area contributed by atoms with Crippen LogP contribution in [0.25, 0.3) is 0 Å². The number of fused-ring (bicyclic) bond motifs is 5. The number of hydrogen-bond donors (Lipinski definition) is 0. The quantitative estimate of drug-likeness (QED) is 0.655. The van der Waals surface area contributed by atoms with Crippen LogP contribution in [0.2, 0.25) is 0 Å². The predicted octanol–water partition coefficient (Wildman–Crippen LogP) is 4.48. The summed E-state index contributed by atoms with van der Waals surface area (Å²) in [6, 6.07) is 0. The number of hydrogen-bond acceptors (Lipinski definition) is 3. The highest BCUT2D eigenvalue weighted by molar-refractivity contribution is 5.84. The van der Waals surface area contributed by atoms with Crippen LogP contribution < -0.4 is 0 Å². The Morgan fingerprint density at radius 1 is 1.08 bits per heavy atom. The van der Waals surface area contributed by atoms with E-state index in [1.807, 2.05) is 0 Å². The molecule has 0 aromatic heterocycles.